The Balaban J connectivity index is 1.23. The fraction of sp³-hybridized carbons (Fsp3) is 0.579. The lowest BCUT2D eigenvalue weighted by atomic mass is 9.88. The van der Waals surface area contributed by atoms with Crippen molar-refractivity contribution in [2.24, 2.45) is 5.92 Å². The lowest BCUT2D eigenvalue weighted by molar-refractivity contribution is -0.140. The Bertz CT molecular complexity index is 874. The largest absolute Gasteiger partial charge is 0.370 e. The van der Waals surface area contributed by atoms with E-state index in [2.05, 4.69) is 0 Å². The van der Waals surface area contributed by atoms with E-state index in [0.29, 0.717) is 56.7 Å². The maximum atomic E-state index is 12.7. The molecule has 0 radical (unpaired) electrons. The van der Waals surface area contributed by atoms with E-state index in [-0.39, 0.29) is 43.2 Å². The van der Waals surface area contributed by atoms with E-state index in [4.69, 9.17) is 9.47 Å². The maximum absolute atomic E-state index is 12.7. The number of carbonyl (C=O) groups excluding carboxylic acids is 2. The van der Waals surface area contributed by atoms with Crippen LogP contribution in [0.4, 0.5) is 24.2 Å². The summed E-state index contributed by atoms with van der Waals surface area (Å²) in [5, 5.41) is 0. The zero-order valence-electron chi connectivity index (χ0n) is 16.5. The molecule has 12 heteroatoms. The summed E-state index contributed by atoms with van der Waals surface area (Å²) >= 11 is 0. The van der Waals surface area contributed by atoms with Crippen molar-refractivity contribution in [2.75, 3.05) is 32.8 Å². The van der Waals surface area contributed by atoms with Crippen molar-refractivity contribution in [3.63, 3.8) is 0 Å². The van der Waals surface area contributed by atoms with Crippen LogP contribution in [0.5, 0.6) is 0 Å². The van der Waals surface area contributed by atoms with E-state index in [1.165, 1.54) is 0 Å². The molecule has 3 aliphatic heterocycles. The number of carbonyl (C=O) groups is 2. The minimum Gasteiger partial charge on any atom is -0.370 e. The van der Waals surface area contributed by atoms with Crippen molar-refractivity contribution in [1.82, 2.24) is 9.80 Å². The van der Waals surface area contributed by atoms with Gasteiger partial charge in [-0.3, -0.25) is 4.79 Å². The van der Waals surface area contributed by atoms with E-state index in [9.17, 15) is 29.0 Å². The van der Waals surface area contributed by atoms with Gasteiger partial charge in [-0.25, -0.2) is 4.79 Å². The van der Waals surface area contributed by atoms with Gasteiger partial charge in [0.05, 0.1) is 31.9 Å². The fourth-order valence-corrected chi connectivity index (χ4v) is 4.76. The van der Waals surface area contributed by atoms with Crippen molar-refractivity contribution in [2.45, 2.75) is 36.6 Å². The zero-order chi connectivity index (χ0) is 22.5. The molecular formula is C19H23F5N2O4S. The number of Topliss-reactive ketones (excluding diaryl/α,β-unsaturated/α-hetero) is 1. The molecule has 174 valence electrons. The Morgan fingerprint density at radius 2 is 1.74 bits per heavy atom. The van der Waals surface area contributed by atoms with Gasteiger partial charge in [0.15, 0.2) is 5.78 Å². The van der Waals surface area contributed by atoms with Crippen molar-refractivity contribution in [3.8, 4) is 0 Å². The predicted molar refractivity (Wildman–Crippen MR) is 102 cm³/mol. The van der Waals surface area contributed by atoms with E-state index in [1.54, 1.807) is 9.80 Å². The molecule has 31 heavy (non-hydrogen) atoms. The third-order valence-electron chi connectivity index (χ3n) is 5.86. The van der Waals surface area contributed by atoms with Gasteiger partial charge >= 0.3 is 16.3 Å². The quantitative estimate of drug-likeness (QED) is 0.615. The first-order valence-electron chi connectivity index (χ1n) is 9.90. The minimum absolute atomic E-state index is 0.0137. The summed E-state index contributed by atoms with van der Waals surface area (Å²) in [6, 6.07) is 2.51. The smallest absolute Gasteiger partial charge is 0.320 e. The third kappa shape index (κ3) is 5.12. The van der Waals surface area contributed by atoms with Gasteiger partial charge < -0.3 is 19.3 Å². The van der Waals surface area contributed by atoms with Crippen LogP contribution in [0.25, 0.3) is 0 Å². The number of ketones is 1. The molecule has 3 saturated heterocycles. The number of benzene rings is 1. The summed E-state index contributed by atoms with van der Waals surface area (Å²) in [6.45, 7) is 1.79. The lowest BCUT2D eigenvalue weighted by Crippen LogP contribution is -2.61. The molecule has 4 rings (SSSR count). The number of fused-ring (bicyclic) bond motifs is 1. The SMILES string of the molecule is O=C1CO[C@H]2CCN(C(=O)N3CC(OCc4ccc(S(F)(F)(F)(F)F)cc4)C3)C[C@H]2C1. The first kappa shape index (κ1) is 22.3. The molecule has 3 heterocycles. The van der Waals surface area contributed by atoms with Crippen molar-refractivity contribution in [1.29, 1.82) is 0 Å². The summed E-state index contributed by atoms with van der Waals surface area (Å²) in [5.41, 5.74) is 0.333. The third-order valence-corrected chi connectivity index (χ3v) is 7.02. The number of nitrogens with zero attached hydrogens (tertiary/aromatic N) is 2. The van der Waals surface area contributed by atoms with Crippen molar-refractivity contribution < 1.29 is 38.5 Å². The number of piperidine rings is 1. The van der Waals surface area contributed by atoms with Crippen molar-refractivity contribution in [3.05, 3.63) is 29.8 Å². The highest BCUT2D eigenvalue weighted by Gasteiger charge is 2.65. The van der Waals surface area contributed by atoms with Crippen LogP contribution in [0.15, 0.2) is 29.2 Å². The van der Waals surface area contributed by atoms with Crippen LogP contribution in [0.2, 0.25) is 0 Å². The normalized spacial score (nSPS) is 27.2. The summed E-state index contributed by atoms with van der Waals surface area (Å²) in [4.78, 5) is 25.6. The zero-order valence-corrected chi connectivity index (χ0v) is 17.3. The number of urea groups is 1. The van der Waals surface area contributed by atoms with Crippen LogP contribution >= 0.6 is 10.2 Å². The summed E-state index contributed by atoms with van der Waals surface area (Å²) in [5.74, 6) is 0.0584. The molecule has 0 saturated carbocycles. The Hall–Kier alpha value is -1.92. The maximum Gasteiger partial charge on any atom is 0.320 e. The average Bonchev–Trinajstić information content (AvgIpc) is 2.64. The standard InChI is InChI=1S/C19H23F5N2O4S/c20-31(21,22,23,24)17-3-1-13(2-4-17)11-29-16-9-26(10-16)19(28)25-6-5-18-14(8-25)7-15(27)12-30-18/h1-4,14,16,18H,5-12H2/t14-,18+/m1/s1. The molecule has 3 fully saturated rings. The second-order valence-corrected chi connectivity index (χ2v) is 10.7. The summed E-state index contributed by atoms with van der Waals surface area (Å²) in [6.07, 6.45) is 0.837. The van der Waals surface area contributed by atoms with Crippen LogP contribution in [0.1, 0.15) is 18.4 Å². The Kier molecular flexibility index (Phi) is 5.06. The van der Waals surface area contributed by atoms with Crippen LogP contribution in [0.3, 0.4) is 0 Å². The molecule has 0 bridgehead atoms. The molecule has 2 atom stereocenters. The van der Waals surface area contributed by atoms with Gasteiger partial charge in [0.1, 0.15) is 11.5 Å². The molecule has 0 spiro atoms. The average molecular weight is 470 g/mol. The number of ether oxygens (including phenoxy) is 2. The molecule has 0 aliphatic carbocycles. The van der Waals surface area contributed by atoms with Crippen LogP contribution in [-0.4, -0.2) is 66.6 Å². The van der Waals surface area contributed by atoms with Gasteiger partial charge in [0.25, 0.3) is 0 Å². The molecule has 1 aromatic rings. The molecule has 0 unspecified atom stereocenters. The van der Waals surface area contributed by atoms with Crippen molar-refractivity contribution >= 4 is 22.0 Å². The molecule has 2 amide bonds. The second kappa shape index (κ2) is 7.04. The number of rotatable bonds is 4. The Morgan fingerprint density at radius 3 is 2.39 bits per heavy atom. The van der Waals surface area contributed by atoms with E-state index in [1.807, 2.05) is 0 Å². The first-order valence-corrected chi connectivity index (χ1v) is 11.9. The van der Waals surface area contributed by atoms with Gasteiger partial charge in [0, 0.05) is 25.4 Å². The molecule has 3 aliphatic rings. The second-order valence-electron chi connectivity index (χ2n) is 8.32. The topological polar surface area (TPSA) is 59.1 Å². The van der Waals surface area contributed by atoms with E-state index < -0.39 is 15.1 Å². The van der Waals surface area contributed by atoms with Gasteiger partial charge in [-0.2, -0.15) is 0 Å². The molecule has 0 N–H and O–H groups in total. The van der Waals surface area contributed by atoms with E-state index in [0.717, 1.165) is 12.1 Å². The van der Waals surface area contributed by atoms with Gasteiger partial charge in [0.2, 0.25) is 0 Å². The molecular weight excluding hydrogens is 447 g/mol. The molecule has 6 nitrogen and oxygen atoms in total. The Labute approximate surface area is 176 Å². The van der Waals surface area contributed by atoms with Crippen LogP contribution < -0.4 is 0 Å². The summed E-state index contributed by atoms with van der Waals surface area (Å²) < 4.78 is 74.8. The lowest BCUT2D eigenvalue weighted by Gasteiger charge is -2.45. The molecule has 0 aromatic heterocycles. The summed E-state index contributed by atoms with van der Waals surface area (Å²) in [7, 11) is -9.67. The number of amides is 2. The Morgan fingerprint density at radius 1 is 1.06 bits per heavy atom. The number of likely N-dealkylation sites (tertiary alicyclic amines) is 2. The number of halogens is 5. The van der Waals surface area contributed by atoms with Gasteiger partial charge in [-0.05, 0) is 24.1 Å². The van der Waals surface area contributed by atoms with Gasteiger partial charge in [-0.15, -0.1) is 0 Å². The fourth-order valence-electron chi connectivity index (χ4n) is 4.11. The number of hydrogen-bond acceptors (Lipinski definition) is 4. The van der Waals surface area contributed by atoms with Crippen LogP contribution in [0, 0.1) is 5.92 Å². The predicted octanol–water partition coefficient (Wildman–Crippen LogP) is 4.34. The first-order chi connectivity index (χ1) is 14.3. The monoisotopic (exact) mass is 470 g/mol. The van der Waals surface area contributed by atoms with Gasteiger partial charge in [-0.1, -0.05) is 31.6 Å². The van der Waals surface area contributed by atoms with E-state index >= 15 is 0 Å². The highest BCUT2D eigenvalue weighted by Crippen LogP contribution is 3.02. The van der Waals surface area contributed by atoms with Crippen LogP contribution in [-0.2, 0) is 20.9 Å². The number of hydrogen-bond donors (Lipinski definition) is 0. The minimum atomic E-state index is -9.67. The highest BCUT2D eigenvalue weighted by molar-refractivity contribution is 8.45. The molecule has 1 aromatic carbocycles. The highest BCUT2D eigenvalue weighted by atomic mass is 32.5.